The zero-order valence-electron chi connectivity index (χ0n) is 12.5. The van der Waals surface area contributed by atoms with E-state index in [1.807, 2.05) is 24.5 Å². The normalized spacial score (nSPS) is 10.4. The number of aryl methyl sites for hydroxylation is 1. The molecule has 0 radical (unpaired) electrons. The van der Waals surface area contributed by atoms with Crippen LogP contribution in [0.1, 0.15) is 16.8 Å². The minimum Gasteiger partial charge on any atom is -0.497 e. The maximum atomic E-state index is 5.29. The summed E-state index contributed by atoms with van der Waals surface area (Å²) in [5.41, 5.74) is 5.03. The molecule has 2 heterocycles. The fourth-order valence-electron chi connectivity index (χ4n) is 2.65. The van der Waals surface area contributed by atoms with Crippen molar-refractivity contribution in [2.45, 2.75) is 20.4 Å². The Kier molecular flexibility index (Phi) is 4.53. The number of halogens is 1. The first-order valence-electron chi connectivity index (χ1n) is 6.73. The van der Waals surface area contributed by atoms with Crippen molar-refractivity contribution in [2.75, 3.05) is 7.11 Å². The van der Waals surface area contributed by atoms with Crippen LogP contribution in [-0.2, 0) is 6.54 Å². The second kappa shape index (κ2) is 6.19. The molecule has 0 saturated heterocycles. The van der Waals surface area contributed by atoms with E-state index in [0.29, 0.717) is 0 Å². The van der Waals surface area contributed by atoms with E-state index in [2.05, 4.69) is 41.6 Å². The zero-order chi connectivity index (χ0) is 14.1. The molecule has 0 aliphatic rings. The molecule has 0 spiro atoms. The lowest BCUT2D eigenvalue weighted by Gasteiger charge is -2.09. The molecule has 0 aliphatic heterocycles. The molecule has 0 unspecified atom stereocenters. The van der Waals surface area contributed by atoms with Gasteiger partial charge in [0.05, 0.1) is 18.8 Å². The van der Waals surface area contributed by atoms with E-state index < -0.39 is 0 Å². The number of aromatic nitrogens is 2. The summed E-state index contributed by atoms with van der Waals surface area (Å²) in [5.74, 6) is 0.895. The predicted octanol–water partition coefficient (Wildman–Crippen LogP) is 4.13. The monoisotopic (exact) mass is 302 g/mol. The van der Waals surface area contributed by atoms with E-state index in [0.717, 1.165) is 12.3 Å². The van der Waals surface area contributed by atoms with Crippen molar-refractivity contribution in [1.29, 1.82) is 0 Å². The maximum absolute atomic E-state index is 5.29. The van der Waals surface area contributed by atoms with Gasteiger partial charge in [-0.25, -0.2) is 0 Å². The van der Waals surface area contributed by atoms with Crippen LogP contribution in [-0.4, -0.2) is 16.7 Å². The quantitative estimate of drug-likeness (QED) is 0.727. The zero-order valence-corrected chi connectivity index (χ0v) is 13.3. The van der Waals surface area contributed by atoms with Gasteiger partial charge < -0.3 is 9.30 Å². The van der Waals surface area contributed by atoms with E-state index >= 15 is 0 Å². The molecule has 4 heteroatoms. The number of methoxy groups -OCH3 is 1. The van der Waals surface area contributed by atoms with E-state index in [1.54, 1.807) is 7.11 Å². The van der Waals surface area contributed by atoms with Crippen LogP contribution in [0.5, 0.6) is 5.75 Å². The summed E-state index contributed by atoms with van der Waals surface area (Å²) in [6, 6.07) is 10.3. The molecule has 3 aromatic rings. The second-order valence-corrected chi connectivity index (χ2v) is 5.04. The van der Waals surface area contributed by atoms with Gasteiger partial charge in [0.2, 0.25) is 0 Å². The Hall–Kier alpha value is -2.00. The number of pyridine rings is 1. The van der Waals surface area contributed by atoms with Crippen LogP contribution in [0.3, 0.4) is 0 Å². The molecule has 3 rings (SSSR count). The Morgan fingerprint density at radius 2 is 2.00 bits per heavy atom. The molecule has 0 amide bonds. The molecular formula is C17H19ClN2O. The van der Waals surface area contributed by atoms with Crippen LogP contribution in [0.25, 0.3) is 10.9 Å². The topological polar surface area (TPSA) is 27.1 Å². The molecular weight excluding hydrogens is 284 g/mol. The summed E-state index contributed by atoms with van der Waals surface area (Å²) >= 11 is 0. The first kappa shape index (κ1) is 15.4. The lowest BCUT2D eigenvalue weighted by Crippen LogP contribution is -2.02. The lowest BCUT2D eigenvalue weighted by atomic mass is 10.2. The smallest absolute Gasteiger partial charge is 0.119 e. The number of hydrogen-bond donors (Lipinski definition) is 0. The number of benzene rings is 1. The summed E-state index contributed by atoms with van der Waals surface area (Å²) < 4.78 is 7.61. The van der Waals surface area contributed by atoms with E-state index in [9.17, 15) is 0 Å². The number of rotatable bonds is 3. The van der Waals surface area contributed by atoms with Gasteiger partial charge in [-0.15, -0.1) is 12.4 Å². The molecule has 110 valence electrons. The van der Waals surface area contributed by atoms with E-state index in [4.69, 9.17) is 4.74 Å². The van der Waals surface area contributed by atoms with E-state index in [1.165, 1.54) is 27.7 Å². The third-order valence-corrected chi connectivity index (χ3v) is 3.92. The second-order valence-electron chi connectivity index (χ2n) is 5.04. The van der Waals surface area contributed by atoms with Crippen molar-refractivity contribution in [3.8, 4) is 5.75 Å². The Balaban J connectivity index is 0.00000161. The number of hydrogen-bond acceptors (Lipinski definition) is 2. The van der Waals surface area contributed by atoms with Gasteiger partial charge in [-0.2, -0.15) is 0 Å². The van der Waals surface area contributed by atoms with Crippen molar-refractivity contribution >= 4 is 23.3 Å². The number of ether oxygens (including phenoxy) is 1. The van der Waals surface area contributed by atoms with Crippen molar-refractivity contribution in [3.05, 3.63) is 59.5 Å². The van der Waals surface area contributed by atoms with Crippen molar-refractivity contribution < 1.29 is 4.74 Å². The molecule has 2 aromatic heterocycles. The fourth-order valence-corrected chi connectivity index (χ4v) is 2.65. The van der Waals surface area contributed by atoms with Gasteiger partial charge in [0.25, 0.3) is 0 Å². The third kappa shape index (κ3) is 2.74. The highest BCUT2D eigenvalue weighted by atomic mass is 35.5. The van der Waals surface area contributed by atoms with Crippen LogP contribution < -0.4 is 4.74 Å². The van der Waals surface area contributed by atoms with Gasteiger partial charge in [-0.1, -0.05) is 12.1 Å². The summed E-state index contributed by atoms with van der Waals surface area (Å²) in [6.07, 6.45) is 3.79. The third-order valence-electron chi connectivity index (χ3n) is 3.92. The molecule has 0 bridgehead atoms. The average Bonchev–Trinajstić information content (AvgIpc) is 2.73. The Bertz CT molecular complexity index is 765. The molecule has 21 heavy (non-hydrogen) atoms. The molecule has 0 N–H and O–H groups in total. The first-order chi connectivity index (χ1) is 9.70. The largest absolute Gasteiger partial charge is 0.497 e. The van der Waals surface area contributed by atoms with Gasteiger partial charge in [0.1, 0.15) is 5.75 Å². The van der Waals surface area contributed by atoms with Crippen molar-refractivity contribution in [3.63, 3.8) is 0 Å². The predicted molar refractivity (Wildman–Crippen MR) is 88.6 cm³/mol. The van der Waals surface area contributed by atoms with Gasteiger partial charge in [0.15, 0.2) is 0 Å². The van der Waals surface area contributed by atoms with Gasteiger partial charge in [-0.3, -0.25) is 4.98 Å². The highest BCUT2D eigenvalue weighted by Crippen LogP contribution is 2.25. The van der Waals surface area contributed by atoms with E-state index in [-0.39, 0.29) is 12.4 Å². The van der Waals surface area contributed by atoms with Gasteiger partial charge in [-0.05, 0) is 43.2 Å². The van der Waals surface area contributed by atoms with Crippen LogP contribution in [0.2, 0.25) is 0 Å². The number of nitrogens with zero attached hydrogens (tertiary/aromatic N) is 2. The molecule has 0 aliphatic carbocycles. The lowest BCUT2D eigenvalue weighted by molar-refractivity contribution is 0.414. The van der Waals surface area contributed by atoms with Crippen LogP contribution in [0.15, 0.2) is 42.7 Å². The maximum Gasteiger partial charge on any atom is 0.119 e. The number of fused-ring (bicyclic) bond motifs is 1. The standard InChI is InChI=1S/C17H18N2O.ClH/c1-12-13(2)19(17-10-18-8-7-16(12)17)11-14-5-4-6-15(9-14)20-3;/h4-10H,11H2,1-3H3;1H. The molecule has 3 nitrogen and oxygen atoms in total. The minimum atomic E-state index is 0. The molecule has 1 aromatic carbocycles. The highest BCUT2D eigenvalue weighted by Gasteiger charge is 2.11. The van der Waals surface area contributed by atoms with Crippen molar-refractivity contribution in [1.82, 2.24) is 9.55 Å². The average molecular weight is 303 g/mol. The Morgan fingerprint density at radius 3 is 2.76 bits per heavy atom. The molecule has 0 fully saturated rings. The summed E-state index contributed by atoms with van der Waals surface area (Å²) in [6.45, 7) is 5.16. The Morgan fingerprint density at radius 1 is 1.19 bits per heavy atom. The summed E-state index contributed by atoms with van der Waals surface area (Å²) in [5, 5.41) is 1.28. The summed E-state index contributed by atoms with van der Waals surface area (Å²) in [4.78, 5) is 4.26. The van der Waals surface area contributed by atoms with Crippen LogP contribution in [0, 0.1) is 13.8 Å². The van der Waals surface area contributed by atoms with Crippen molar-refractivity contribution in [2.24, 2.45) is 0 Å². The van der Waals surface area contributed by atoms with Gasteiger partial charge in [0, 0.05) is 23.8 Å². The summed E-state index contributed by atoms with van der Waals surface area (Å²) in [7, 11) is 1.70. The minimum absolute atomic E-state index is 0. The SMILES string of the molecule is COc1cccc(Cn2c(C)c(C)c3ccncc32)c1.Cl. The van der Waals surface area contributed by atoms with Gasteiger partial charge >= 0.3 is 0 Å². The highest BCUT2D eigenvalue weighted by molar-refractivity contribution is 5.85. The van der Waals surface area contributed by atoms with Crippen LogP contribution >= 0.6 is 12.4 Å². The molecule has 0 atom stereocenters. The fraction of sp³-hybridized carbons (Fsp3) is 0.235. The Labute approximate surface area is 131 Å². The molecule has 0 saturated carbocycles. The first-order valence-corrected chi connectivity index (χ1v) is 6.73. The van der Waals surface area contributed by atoms with Crippen LogP contribution in [0.4, 0.5) is 0 Å².